The Hall–Kier alpha value is -3.98. The van der Waals surface area contributed by atoms with E-state index < -0.39 is 30.0 Å². The summed E-state index contributed by atoms with van der Waals surface area (Å²) in [6.07, 6.45) is 0. The maximum atomic E-state index is 14.7. The fourth-order valence-corrected chi connectivity index (χ4v) is 7.61. The Labute approximate surface area is 266 Å². The second kappa shape index (κ2) is 12.9. The highest BCUT2D eigenvalue weighted by atomic mass is 35.5. The maximum Gasteiger partial charge on any atom is 0.323 e. The van der Waals surface area contributed by atoms with Crippen LogP contribution in [0.25, 0.3) is 0 Å². The minimum atomic E-state index is -0.907. The molecule has 0 saturated carbocycles. The molecule has 4 atom stereocenters. The van der Waals surface area contributed by atoms with Gasteiger partial charge in [-0.05, 0) is 49.1 Å². The Morgan fingerprint density at radius 3 is 2.32 bits per heavy atom. The topological polar surface area (TPSA) is 81.8 Å². The van der Waals surface area contributed by atoms with Crippen molar-refractivity contribution < 1.29 is 14.4 Å². The molecule has 0 spiro atoms. The van der Waals surface area contributed by atoms with E-state index in [0.717, 1.165) is 21.6 Å². The number of halogens is 1. The van der Waals surface area contributed by atoms with Crippen LogP contribution in [0.15, 0.2) is 90.3 Å². The standard InChI is InChI=1S/C35H35ClN4O3S/c1-22-11-13-24(14-12-22)33(41)30-29(28-10-5-19-44-28)32(34(42)39-17-15-37-16-18-39)40(31(30)25-7-3-6-23(2)20-25)35(43)38-27-9-4-8-26(36)21-27/h3-14,19-21,29-32,37H,15-18H2,1-2H3,(H,38,43). The third-order valence-corrected chi connectivity index (χ3v) is 9.76. The van der Waals surface area contributed by atoms with Crippen molar-refractivity contribution in [3.63, 3.8) is 0 Å². The second-order valence-electron chi connectivity index (χ2n) is 11.5. The number of urea groups is 1. The Balaban J connectivity index is 1.55. The van der Waals surface area contributed by atoms with E-state index >= 15 is 0 Å². The van der Waals surface area contributed by atoms with Gasteiger partial charge in [-0.1, -0.05) is 83.4 Å². The van der Waals surface area contributed by atoms with E-state index in [1.807, 2.05) is 84.8 Å². The van der Waals surface area contributed by atoms with E-state index in [0.29, 0.717) is 42.5 Å². The number of carbonyl (C=O) groups excluding carboxylic acids is 3. The summed E-state index contributed by atoms with van der Waals surface area (Å²) in [5, 5.41) is 8.77. The highest BCUT2D eigenvalue weighted by Gasteiger charge is 2.58. The fourth-order valence-electron chi connectivity index (χ4n) is 6.52. The molecule has 0 radical (unpaired) electrons. The number of Topliss-reactive ketones (excluding diaryl/α,β-unsaturated/α-hetero) is 1. The van der Waals surface area contributed by atoms with Gasteiger partial charge in [0.2, 0.25) is 5.91 Å². The first-order valence-electron chi connectivity index (χ1n) is 14.9. The third kappa shape index (κ3) is 6.02. The first kappa shape index (κ1) is 30.1. The van der Waals surface area contributed by atoms with E-state index in [1.54, 1.807) is 29.2 Å². The second-order valence-corrected chi connectivity index (χ2v) is 12.9. The highest BCUT2D eigenvalue weighted by molar-refractivity contribution is 7.10. The van der Waals surface area contributed by atoms with Crippen LogP contribution < -0.4 is 10.6 Å². The van der Waals surface area contributed by atoms with E-state index in [2.05, 4.69) is 10.6 Å². The molecule has 2 saturated heterocycles. The number of hydrogen-bond donors (Lipinski definition) is 2. The van der Waals surface area contributed by atoms with Crippen LogP contribution in [0.5, 0.6) is 0 Å². The predicted molar refractivity (Wildman–Crippen MR) is 176 cm³/mol. The van der Waals surface area contributed by atoms with Gasteiger partial charge in [-0.3, -0.25) is 9.59 Å². The minimum absolute atomic E-state index is 0.0916. The zero-order chi connectivity index (χ0) is 30.8. The number of thiophene rings is 1. The van der Waals surface area contributed by atoms with Crippen LogP contribution in [-0.2, 0) is 4.79 Å². The van der Waals surface area contributed by atoms with Crippen LogP contribution >= 0.6 is 22.9 Å². The average molecular weight is 627 g/mol. The lowest BCUT2D eigenvalue weighted by molar-refractivity contribution is -0.136. The van der Waals surface area contributed by atoms with Crippen molar-refractivity contribution in [3.05, 3.63) is 122 Å². The first-order valence-corrected chi connectivity index (χ1v) is 16.1. The number of likely N-dealkylation sites (tertiary alicyclic amines) is 1. The van der Waals surface area contributed by atoms with Gasteiger partial charge in [0.25, 0.3) is 0 Å². The fraction of sp³-hybridized carbons (Fsp3) is 0.286. The van der Waals surface area contributed by atoms with Crippen LogP contribution in [0.3, 0.4) is 0 Å². The van der Waals surface area contributed by atoms with Gasteiger partial charge in [-0.25, -0.2) is 4.79 Å². The molecule has 3 amide bonds. The number of carbonyl (C=O) groups is 3. The Morgan fingerprint density at radius 1 is 0.886 bits per heavy atom. The molecular formula is C35H35ClN4O3S. The number of hydrogen-bond acceptors (Lipinski definition) is 5. The zero-order valence-corrected chi connectivity index (χ0v) is 26.3. The van der Waals surface area contributed by atoms with Crippen LogP contribution in [-0.4, -0.2) is 59.7 Å². The lowest BCUT2D eigenvalue weighted by Gasteiger charge is -2.36. The van der Waals surface area contributed by atoms with Crippen LogP contribution in [0.2, 0.25) is 5.02 Å². The van der Waals surface area contributed by atoms with E-state index in [1.165, 1.54) is 11.3 Å². The number of anilines is 1. The number of rotatable bonds is 6. The number of aryl methyl sites for hydroxylation is 2. The average Bonchev–Trinajstić information content (AvgIpc) is 3.68. The molecule has 2 fully saturated rings. The van der Waals surface area contributed by atoms with Crippen LogP contribution in [0.4, 0.5) is 10.5 Å². The number of nitrogens with zero attached hydrogens (tertiary/aromatic N) is 2. The quantitative estimate of drug-likeness (QED) is 0.234. The monoisotopic (exact) mass is 626 g/mol. The van der Waals surface area contributed by atoms with Crippen molar-refractivity contribution in [2.45, 2.75) is 31.8 Å². The summed E-state index contributed by atoms with van der Waals surface area (Å²) in [7, 11) is 0. The molecule has 4 aromatic rings. The van der Waals surface area contributed by atoms with Crippen molar-refractivity contribution in [2.75, 3.05) is 31.5 Å². The van der Waals surface area contributed by atoms with Crippen LogP contribution in [0, 0.1) is 19.8 Å². The van der Waals surface area contributed by atoms with E-state index in [9.17, 15) is 14.4 Å². The summed E-state index contributed by atoms with van der Waals surface area (Å²) in [4.78, 5) is 48.3. The van der Waals surface area contributed by atoms with Gasteiger partial charge in [-0.15, -0.1) is 11.3 Å². The summed E-state index contributed by atoms with van der Waals surface area (Å²) in [6, 6.07) is 24.3. The lowest BCUT2D eigenvalue weighted by atomic mass is 9.78. The molecule has 4 unspecified atom stereocenters. The summed E-state index contributed by atoms with van der Waals surface area (Å²) >= 11 is 7.79. The van der Waals surface area contributed by atoms with Crippen molar-refractivity contribution >= 4 is 46.3 Å². The molecule has 6 rings (SSSR count). The van der Waals surface area contributed by atoms with E-state index in [4.69, 9.17) is 11.6 Å². The Bertz CT molecular complexity index is 1650. The SMILES string of the molecule is Cc1ccc(C(=O)C2C(c3cccs3)C(C(=O)N3CCNCC3)N(C(=O)Nc3cccc(Cl)c3)C2c2cccc(C)c2)cc1. The molecule has 226 valence electrons. The summed E-state index contributed by atoms with van der Waals surface area (Å²) < 4.78 is 0. The molecule has 3 aromatic carbocycles. The molecular weight excluding hydrogens is 592 g/mol. The van der Waals surface area contributed by atoms with Gasteiger partial charge in [0, 0.05) is 53.2 Å². The normalized spacial score (nSPS) is 21.7. The predicted octanol–water partition coefficient (Wildman–Crippen LogP) is 6.69. The van der Waals surface area contributed by atoms with Crippen molar-refractivity contribution in [3.8, 4) is 0 Å². The van der Waals surface area contributed by atoms with Gasteiger partial charge in [0.05, 0.1) is 12.0 Å². The smallest absolute Gasteiger partial charge is 0.323 e. The molecule has 0 bridgehead atoms. The molecule has 2 aliphatic heterocycles. The van der Waals surface area contributed by atoms with Crippen molar-refractivity contribution in [2.24, 2.45) is 5.92 Å². The largest absolute Gasteiger partial charge is 0.338 e. The number of amides is 3. The number of benzene rings is 3. The lowest BCUT2D eigenvalue weighted by Crippen LogP contribution is -2.55. The van der Waals surface area contributed by atoms with Gasteiger partial charge in [0.15, 0.2) is 5.78 Å². The molecule has 7 nitrogen and oxygen atoms in total. The van der Waals surface area contributed by atoms with Crippen molar-refractivity contribution in [1.82, 2.24) is 15.1 Å². The molecule has 0 aliphatic carbocycles. The first-order chi connectivity index (χ1) is 21.3. The van der Waals surface area contributed by atoms with Gasteiger partial charge in [0.1, 0.15) is 6.04 Å². The molecule has 44 heavy (non-hydrogen) atoms. The summed E-state index contributed by atoms with van der Waals surface area (Å²) in [5.41, 5.74) is 3.94. The molecule has 2 aliphatic rings. The van der Waals surface area contributed by atoms with E-state index in [-0.39, 0.29) is 11.7 Å². The van der Waals surface area contributed by atoms with Crippen LogP contribution in [0.1, 0.15) is 43.9 Å². The highest BCUT2D eigenvalue weighted by Crippen LogP contribution is 2.53. The Kier molecular flexibility index (Phi) is 8.84. The summed E-state index contributed by atoms with van der Waals surface area (Å²) in [5.74, 6) is -1.50. The summed E-state index contributed by atoms with van der Waals surface area (Å²) in [6.45, 7) is 6.38. The molecule has 3 heterocycles. The number of ketones is 1. The molecule has 9 heteroatoms. The minimum Gasteiger partial charge on any atom is -0.338 e. The zero-order valence-electron chi connectivity index (χ0n) is 24.7. The van der Waals surface area contributed by atoms with Gasteiger partial charge >= 0.3 is 6.03 Å². The number of nitrogens with one attached hydrogen (secondary N) is 2. The maximum absolute atomic E-state index is 14.7. The number of piperazine rings is 1. The van der Waals surface area contributed by atoms with Crippen molar-refractivity contribution in [1.29, 1.82) is 0 Å². The molecule has 2 N–H and O–H groups in total. The van der Waals surface area contributed by atoms with Gasteiger partial charge < -0.3 is 20.4 Å². The third-order valence-electron chi connectivity index (χ3n) is 8.55. The Morgan fingerprint density at radius 2 is 1.64 bits per heavy atom. The molecule has 1 aromatic heterocycles. The van der Waals surface area contributed by atoms with Gasteiger partial charge in [-0.2, -0.15) is 0 Å².